The van der Waals surface area contributed by atoms with Crippen molar-refractivity contribution in [2.45, 2.75) is 58.3 Å². The number of Topliss-reactive ketones (excluding diaryl/α,β-unsaturated/α-hetero) is 1. The van der Waals surface area contributed by atoms with Gasteiger partial charge in [-0.05, 0) is 44.4 Å². The first kappa shape index (κ1) is 22.4. The molecule has 5 nitrogen and oxygen atoms in total. The minimum atomic E-state index is -1.53. The van der Waals surface area contributed by atoms with Crippen molar-refractivity contribution in [1.29, 1.82) is 0 Å². The largest absolute Gasteiger partial charge is 0.399 e. The molecule has 0 radical (unpaired) electrons. The molecule has 2 rings (SSSR count). The van der Waals surface area contributed by atoms with Crippen molar-refractivity contribution in [3.05, 3.63) is 46.2 Å². The standard InChI is InChI=1S/C21H29ClFN3O2/c1-4-17(26-12(3)10-18(25)27)14-6-7-15(22)19(20(14)23)21(28)13-5-8-16(24)11(2)9-13/h5-8,12-14,17,20,26H,4,9-10,24H2,1-3H3,(H2,25,27)/t12-,13?,14?,17-,20?/m1/s1. The van der Waals surface area contributed by atoms with Crippen LogP contribution in [0.5, 0.6) is 0 Å². The Labute approximate surface area is 170 Å². The Kier molecular flexibility index (Phi) is 7.61. The van der Waals surface area contributed by atoms with E-state index in [1.807, 2.05) is 20.8 Å². The van der Waals surface area contributed by atoms with Crippen LogP contribution in [0, 0.1) is 11.8 Å². The smallest absolute Gasteiger partial charge is 0.218 e. The lowest BCUT2D eigenvalue weighted by Gasteiger charge is -2.33. The molecule has 5 N–H and O–H groups in total. The Morgan fingerprint density at radius 1 is 1.36 bits per heavy atom. The van der Waals surface area contributed by atoms with E-state index in [4.69, 9.17) is 23.1 Å². The quantitative estimate of drug-likeness (QED) is 0.573. The molecule has 1 amide bonds. The Morgan fingerprint density at radius 3 is 2.61 bits per heavy atom. The van der Waals surface area contributed by atoms with Crippen molar-refractivity contribution in [3.63, 3.8) is 0 Å². The molecule has 2 aliphatic carbocycles. The number of nitrogens with two attached hydrogens (primary N) is 2. The molecule has 5 atom stereocenters. The second-order valence-corrected chi connectivity index (χ2v) is 8.03. The lowest BCUT2D eigenvalue weighted by atomic mass is 9.79. The molecule has 0 aromatic carbocycles. The molecule has 0 aliphatic heterocycles. The van der Waals surface area contributed by atoms with Crippen LogP contribution in [0.4, 0.5) is 4.39 Å². The molecule has 0 saturated carbocycles. The second kappa shape index (κ2) is 9.52. The van der Waals surface area contributed by atoms with Gasteiger partial charge in [-0.1, -0.05) is 30.7 Å². The van der Waals surface area contributed by atoms with Gasteiger partial charge in [0.05, 0.1) is 0 Å². The average molecular weight is 410 g/mol. The molecule has 0 saturated heterocycles. The second-order valence-electron chi connectivity index (χ2n) is 7.62. The fourth-order valence-electron chi connectivity index (χ4n) is 3.78. The first-order chi connectivity index (χ1) is 13.1. The summed E-state index contributed by atoms with van der Waals surface area (Å²) in [5.41, 5.74) is 12.7. The van der Waals surface area contributed by atoms with Crippen LogP contribution >= 0.6 is 11.6 Å². The van der Waals surface area contributed by atoms with E-state index in [9.17, 15) is 9.59 Å². The Balaban J connectivity index is 2.18. The number of nitrogens with one attached hydrogen (secondary N) is 1. The van der Waals surface area contributed by atoms with Gasteiger partial charge in [-0.15, -0.1) is 0 Å². The predicted octanol–water partition coefficient (Wildman–Crippen LogP) is 3.01. The zero-order chi connectivity index (χ0) is 21.0. The molecule has 0 fully saturated rings. The van der Waals surface area contributed by atoms with Crippen molar-refractivity contribution in [2.75, 3.05) is 0 Å². The lowest BCUT2D eigenvalue weighted by molar-refractivity contribution is -0.119. The van der Waals surface area contributed by atoms with Gasteiger partial charge in [0.25, 0.3) is 0 Å². The van der Waals surface area contributed by atoms with Gasteiger partial charge in [-0.2, -0.15) is 0 Å². The van der Waals surface area contributed by atoms with Crippen LogP contribution in [-0.4, -0.2) is 29.9 Å². The molecule has 0 aromatic rings. The van der Waals surface area contributed by atoms with Crippen molar-refractivity contribution in [1.82, 2.24) is 5.32 Å². The van der Waals surface area contributed by atoms with Crippen molar-refractivity contribution >= 4 is 23.3 Å². The van der Waals surface area contributed by atoms with Gasteiger partial charge in [0.15, 0.2) is 5.78 Å². The van der Waals surface area contributed by atoms with Gasteiger partial charge < -0.3 is 16.8 Å². The molecule has 0 bridgehead atoms. The van der Waals surface area contributed by atoms with Crippen LogP contribution in [0.3, 0.4) is 0 Å². The van der Waals surface area contributed by atoms with Crippen LogP contribution in [0.25, 0.3) is 0 Å². The third kappa shape index (κ3) is 5.11. The SMILES string of the molecule is CC[C@@H](N[C@H](C)CC(N)=O)C1C=CC(Cl)=C(C(=O)C2C=CC(N)=C(C)C2)C1F. The number of hydrogen-bond acceptors (Lipinski definition) is 4. The normalized spacial score (nSPS) is 27.1. The number of halogens is 2. The van der Waals surface area contributed by atoms with Gasteiger partial charge in [-0.25, -0.2) is 4.39 Å². The van der Waals surface area contributed by atoms with E-state index in [1.54, 1.807) is 24.3 Å². The van der Waals surface area contributed by atoms with Crippen LogP contribution in [-0.2, 0) is 9.59 Å². The van der Waals surface area contributed by atoms with Crippen molar-refractivity contribution in [2.24, 2.45) is 23.3 Å². The molecular formula is C21H29ClFN3O2. The summed E-state index contributed by atoms with van der Waals surface area (Å²) in [7, 11) is 0. The summed E-state index contributed by atoms with van der Waals surface area (Å²) < 4.78 is 15.5. The Morgan fingerprint density at radius 2 is 2.04 bits per heavy atom. The van der Waals surface area contributed by atoms with Crippen molar-refractivity contribution < 1.29 is 14.0 Å². The van der Waals surface area contributed by atoms with E-state index in [-0.39, 0.29) is 34.9 Å². The van der Waals surface area contributed by atoms with E-state index < -0.39 is 23.9 Å². The van der Waals surface area contributed by atoms with Crippen LogP contribution in [0.1, 0.15) is 40.0 Å². The van der Waals surface area contributed by atoms with E-state index in [1.165, 1.54) is 0 Å². The molecule has 0 spiro atoms. The minimum Gasteiger partial charge on any atom is -0.399 e. The van der Waals surface area contributed by atoms with Crippen LogP contribution < -0.4 is 16.8 Å². The van der Waals surface area contributed by atoms with Gasteiger partial charge in [0.1, 0.15) is 6.17 Å². The zero-order valence-corrected chi connectivity index (χ0v) is 17.3. The molecule has 7 heteroatoms. The Hall–Kier alpha value is -1.92. The fourth-order valence-corrected chi connectivity index (χ4v) is 4.05. The third-order valence-electron chi connectivity index (χ3n) is 5.38. The highest BCUT2D eigenvalue weighted by Gasteiger charge is 2.38. The minimum absolute atomic E-state index is 0.0138. The Bertz CT molecular complexity index is 757. The maximum atomic E-state index is 15.5. The number of carbonyl (C=O) groups excluding carboxylic acids is 2. The molecular weight excluding hydrogens is 381 g/mol. The summed E-state index contributed by atoms with van der Waals surface area (Å²) in [5.74, 6) is -1.76. The third-order valence-corrected chi connectivity index (χ3v) is 5.70. The predicted molar refractivity (Wildman–Crippen MR) is 110 cm³/mol. The summed E-state index contributed by atoms with van der Waals surface area (Å²) in [6, 6.07) is -0.451. The maximum Gasteiger partial charge on any atom is 0.218 e. The molecule has 28 heavy (non-hydrogen) atoms. The van der Waals surface area contributed by atoms with Gasteiger partial charge in [0.2, 0.25) is 5.91 Å². The van der Waals surface area contributed by atoms with E-state index in [0.717, 1.165) is 5.57 Å². The number of ketones is 1. The maximum absolute atomic E-state index is 15.5. The van der Waals surface area contributed by atoms with E-state index >= 15 is 4.39 Å². The molecule has 154 valence electrons. The topological polar surface area (TPSA) is 98.2 Å². The van der Waals surface area contributed by atoms with Gasteiger partial charge in [-0.3, -0.25) is 9.59 Å². The highest BCUT2D eigenvalue weighted by atomic mass is 35.5. The van der Waals surface area contributed by atoms with Crippen molar-refractivity contribution in [3.8, 4) is 0 Å². The summed E-state index contributed by atoms with van der Waals surface area (Å²) in [5, 5.41) is 3.40. The van der Waals surface area contributed by atoms with E-state index in [0.29, 0.717) is 18.5 Å². The zero-order valence-electron chi connectivity index (χ0n) is 16.5. The number of rotatable bonds is 8. The number of allylic oxidation sites excluding steroid dienone is 6. The molecule has 0 heterocycles. The number of hydrogen-bond donors (Lipinski definition) is 3. The number of primary amides is 1. The monoisotopic (exact) mass is 409 g/mol. The number of amides is 1. The van der Waals surface area contributed by atoms with Gasteiger partial charge in [0, 0.05) is 46.6 Å². The number of carbonyl (C=O) groups is 2. The highest BCUT2D eigenvalue weighted by molar-refractivity contribution is 6.34. The lowest BCUT2D eigenvalue weighted by Crippen LogP contribution is -2.46. The summed E-state index contributed by atoms with van der Waals surface area (Å²) in [6.07, 6.45) is 6.42. The summed E-state index contributed by atoms with van der Waals surface area (Å²) in [6.45, 7) is 5.62. The average Bonchev–Trinajstić information content (AvgIpc) is 2.61. The first-order valence-corrected chi connectivity index (χ1v) is 9.97. The molecule has 3 unspecified atom stereocenters. The van der Waals surface area contributed by atoms with E-state index in [2.05, 4.69) is 5.32 Å². The first-order valence-electron chi connectivity index (χ1n) is 9.59. The van der Waals surface area contributed by atoms with Crippen LogP contribution in [0.2, 0.25) is 0 Å². The summed E-state index contributed by atoms with van der Waals surface area (Å²) in [4.78, 5) is 24.2. The number of alkyl halides is 1. The highest BCUT2D eigenvalue weighted by Crippen LogP contribution is 2.36. The molecule has 0 aromatic heterocycles. The fraction of sp³-hybridized carbons (Fsp3) is 0.524. The molecule has 2 aliphatic rings. The van der Waals surface area contributed by atoms with Gasteiger partial charge >= 0.3 is 0 Å². The summed E-state index contributed by atoms with van der Waals surface area (Å²) >= 11 is 6.23. The van der Waals surface area contributed by atoms with Crippen LogP contribution in [0.15, 0.2) is 46.2 Å².